The van der Waals surface area contributed by atoms with E-state index in [1.165, 1.54) is 0 Å². The maximum absolute atomic E-state index is 10.7. The van der Waals surface area contributed by atoms with E-state index < -0.39 is 0 Å². The molecule has 1 fully saturated rings. The fraction of sp³-hybridized carbons (Fsp3) is 0.833. The van der Waals surface area contributed by atoms with Crippen LogP contribution in [0.5, 0.6) is 0 Å². The summed E-state index contributed by atoms with van der Waals surface area (Å²) in [6.45, 7) is 1.97. The molecule has 0 saturated carbocycles. The summed E-state index contributed by atoms with van der Waals surface area (Å²) in [5.74, 6) is 0.0816. The fourth-order valence-corrected chi connectivity index (χ4v) is 1.22. The topological polar surface area (TPSA) is 32.3 Å². The Bertz CT molecular complexity index is 134. The molecule has 0 bridgehead atoms. The molecular formula is C6H11BrN2O. The molecule has 0 spiro atoms. The molecule has 4 heteroatoms. The number of nitrogens with one attached hydrogen (secondary N) is 1. The predicted octanol–water partition coefficient (Wildman–Crippen LogP) is -0.188. The smallest absolute Gasteiger partial charge is 0.230 e. The molecule has 1 heterocycles. The van der Waals surface area contributed by atoms with Crippen LogP contribution in [0.25, 0.3) is 0 Å². The van der Waals surface area contributed by atoms with Crippen LogP contribution in [0.3, 0.4) is 0 Å². The van der Waals surface area contributed by atoms with Gasteiger partial charge in [0.25, 0.3) is 0 Å². The summed E-state index contributed by atoms with van der Waals surface area (Å²) >= 11 is 3.09. The monoisotopic (exact) mass is 206 g/mol. The van der Waals surface area contributed by atoms with Gasteiger partial charge in [0, 0.05) is 13.1 Å². The summed E-state index contributed by atoms with van der Waals surface area (Å²) in [6, 6.07) is 0.384. The van der Waals surface area contributed by atoms with Crippen molar-refractivity contribution in [3.8, 4) is 0 Å². The largest absolute Gasteiger partial charge is 0.350 e. The SMILES string of the molecule is CN1CC(NC(=O)CBr)C1. The molecule has 3 nitrogen and oxygen atoms in total. The van der Waals surface area contributed by atoms with Gasteiger partial charge >= 0.3 is 0 Å². The average Bonchev–Trinajstić information content (AvgIpc) is 1.84. The molecule has 1 saturated heterocycles. The Morgan fingerprint density at radius 1 is 1.80 bits per heavy atom. The van der Waals surface area contributed by atoms with Gasteiger partial charge in [0.1, 0.15) is 0 Å². The van der Waals surface area contributed by atoms with Crippen molar-refractivity contribution in [3.05, 3.63) is 0 Å². The Morgan fingerprint density at radius 3 is 2.80 bits per heavy atom. The Kier molecular flexibility index (Phi) is 2.68. The second-order valence-corrected chi connectivity index (χ2v) is 3.18. The van der Waals surface area contributed by atoms with E-state index in [1.54, 1.807) is 0 Å². The van der Waals surface area contributed by atoms with E-state index in [4.69, 9.17) is 0 Å². The summed E-state index contributed by atoms with van der Waals surface area (Å²) in [4.78, 5) is 12.9. The molecule has 0 aromatic rings. The number of hydrogen-bond acceptors (Lipinski definition) is 2. The Morgan fingerprint density at radius 2 is 2.40 bits per heavy atom. The summed E-state index contributed by atoms with van der Waals surface area (Å²) in [7, 11) is 2.04. The highest BCUT2D eigenvalue weighted by atomic mass is 79.9. The molecule has 0 unspecified atom stereocenters. The first-order chi connectivity index (χ1) is 4.72. The predicted molar refractivity (Wildman–Crippen MR) is 43.2 cm³/mol. The molecule has 58 valence electrons. The zero-order chi connectivity index (χ0) is 7.56. The lowest BCUT2D eigenvalue weighted by Crippen LogP contribution is -2.57. The first-order valence-corrected chi connectivity index (χ1v) is 4.38. The van der Waals surface area contributed by atoms with Crippen molar-refractivity contribution in [2.75, 3.05) is 25.5 Å². The molecule has 1 aliphatic rings. The number of carbonyl (C=O) groups is 1. The van der Waals surface area contributed by atoms with Crippen LogP contribution in [0.1, 0.15) is 0 Å². The third kappa shape index (κ3) is 1.95. The number of halogens is 1. The highest BCUT2D eigenvalue weighted by molar-refractivity contribution is 9.09. The van der Waals surface area contributed by atoms with Crippen LogP contribution in [-0.2, 0) is 4.79 Å². The van der Waals surface area contributed by atoms with Crippen molar-refractivity contribution in [1.82, 2.24) is 10.2 Å². The number of amides is 1. The lowest BCUT2D eigenvalue weighted by molar-refractivity contribution is -0.120. The third-order valence-electron chi connectivity index (χ3n) is 1.55. The van der Waals surface area contributed by atoms with Crippen molar-refractivity contribution >= 4 is 21.8 Å². The summed E-state index contributed by atoms with van der Waals surface area (Å²) in [5.41, 5.74) is 0. The maximum atomic E-state index is 10.7. The van der Waals surface area contributed by atoms with E-state index in [9.17, 15) is 4.79 Å². The number of hydrogen-bond donors (Lipinski definition) is 1. The molecular weight excluding hydrogens is 196 g/mol. The second-order valence-electron chi connectivity index (χ2n) is 2.62. The van der Waals surface area contributed by atoms with E-state index in [-0.39, 0.29) is 5.91 Å². The minimum absolute atomic E-state index is 0.0816. The minimum Gasteiger partial charge on any atom is -0.350 e. The number of rotatable bonds is 2. The molecule has 0 atom stereocenters. The van der Waals surface area contributed by atoms with Crippen molar-refractivity contribution < 1.29 is 4.79 Å². The molecule has 1 aliphatic heterocycles. The molecule has 0 aromatic heterocycles. The van der Waals surface area contributed by atoms with Gasteiger partial charge in [-0.15, -0.1) is 0 Å². The number of carbonyl (C=O) groups excluding carboxylic acids is 1. The van der Waals surface area contributed by atoms with Crippen LogP contribution in [0, 0.1) is 0 Å². The van der Waals surface area contributed by atoms with Crippen LogP contribution in [0.4, 0.5) is 0 Å². The van der Waals surface area contributed by atoms with Crippen LogP contribution in [0.15, 0.2) is 0 Å². The van der Waals surface area contributed by atoms with Crippen molar-refractivity contribution in [3.63, 3.8) is 0 Å². The van der Waals surface area contributed by atoms with Gasteiger partial charge in [-0.05, 0) is 7.05 Å². The van der Waals surface area contributed by atoms with Crippen LogP contribution >= 0.6 is 15.9 Å². The van der Waals surface area contributed by atoms with Crippen LogP contribution < -0.4 is 5.32 Å². The van der Waals surface area contributed by atoms with Gasteiger partial charge in [0.15, 0.2) is 0 Å². The van der Waals surface area contributed by atoms with E-state index in [0.29, 0.717) is 11.4 Å². The number of alkyl halides is 1. The van der Waals surface area contributed by atoms with Gasteiger partial charge < -0.3 is 10.2 Å². The minimum atomic E-state index is 0.0816. The van der Waals surface area contributed by atoms with E-state index >= 15 is 0 Å². The molecule has 0 aliphatic carbocycles. The lowest BCUT2D eigenvalue weighted by atomic mass is 10.1. The molecule has 1 amide bonds. The normalized spacial score (nSPS) is 20.2. The van der Waals surface area contributed by atoms with Crippen molar-refractivity contribution in [1.29, 1.82) is 0 Å². The number of likely N-dealkylation sites (N-methyl/N-ethyl adjacent to an activating group) is 1. The molecule has 10 heavy (non-hydrogen) atoms. The molecule has 0 aromatic carbocycles. The number of nitrogens with zero attached hydrogens (tertiary/aromatic N) is 1. The lowest BCUT2D eigenvalue weighted by Gasteiger charge is -2.36. The Labute approximate surface area is 68.9 Å². The fourth-order valence-electron chi connectivity index (χ4n) is 1.06. The number of likely N-dealkylation sites (tertiary alicyclic amines) is 1. The van der Waals surface area contributed by atoms with Gasteiger partial charge in [0.05, 0.1) is 11.4 Å². The van der Waals surface area contributed by atoms with Gasteiger partial charge in [-0.25, -0.2) is 0 Å². The zero-order valence-corrected chi connectivity index (χ0v) is 7.52. The van der Waals surface area contributed by atoms with Crippen molar-refractivity contribution in [2.24, 2.45) is 0 Å². The van der Waals surface area contributed by atoms with E-state index in [1.807, 2.05) is 7.05 Å². The highest BCUT2D eigenvalue weighted by Crippen LogP contribution is 2.02. The van der Waals surface area contributed by atoms with Gasteiger partial charge in [0.2, 0.25) is 5.91 Å². The van der Waals surface area contributed by atoms with Gasteiger partial charge in [-0.3, -0.25) is 4.79 Å². The van der Waals surface area contributed by atoms with Crippen LogP contribution in [0.2, 0.25) is 0 Å². The van der Waals surface area contributed by atoms with E-state index in [0.717, 1.165) is 13.1 Å². The van der Waals surface area contributed by atoms with E-state index in [2.05, 4.69) is 26.1 Å². The van der Waals surface area contributed by atoms with Crippen molar-refractivity contribution in [2.45, 2.75) is 6.04 Å². The average molecular weight is 207 g/mol. The summed E-state index contributed by atoms with van der Waals surface area (Å²) in [5, 5.41) is 3.28. The molecule has 1 rings (SSSR count). The summed E-state index contributed by atoms with van der Waals surface area (Å²) < 4.78 is 0. The van der Waals surface area contributed by atoms with Gasteiger partial charge in [-0.1, -0.05) is 15.9 Å². The molecule has 1 N–H and O–H groups in total. The standard InChI is InChI=1S/C6H11BrN2O/c1-9-3-5(4-9)8-6(10)2-7/h5H,2-4H2,1H3,(H,8,10). The summed E-state index contributed by atoms with van der Waals surface area (Å²) in [6.07, 6.45) is 0. The zero-order valence-electron chi connectivity index (χ0n) is 5.93. The second kappa shape index (κ2) is 3.34. The van der Waals surface area contributed by atoms with Crippen LogP contribution in [-0.4, -0.2) is 42.3 Å². The Balaban J connectivity index is 2.10. The highest BCUT2D eigenvalue weighted by Gasteiger charge is 2.23. The first-order valence-electron chi connectivity index (χ1n) is 3.26. The first kappa shape index (κ1) is 8.01. The third-order valence-corrected chi connectivity index (χ3v) is 2.06. The quantitative estimate of drug-likeness (QED) is 0.636. The molecule has 0 radical (unpaired) electrons. The maximum Gasteiger partial charge on any atom is 0.230 e. The Hall–Kier alpha value is -0.0900. The van der Waals surface area contributed by atoms with Gasteiger partial charge in [-0.2, -0.15) is 0 Å².